The molecular weight excluding hydrogens is 295 g/mol. The number of methoxy groups -OCH3 is 1. The first-order valence-electron chi connectivity index (χ1n) is 7.27. The lowest BCUT2D eigenvalue weighted by molar-refractivity contribution is -0.137. The fourth-order valence-electron chi connectivity index (χ4n) is 2.20. The largest absolute Gasteiger partial charge is 0.465 e. The number of nitrogens with one attached hydrogen (secondary N) is 1. The van der Waals surface area contributed by atoms with Crippen LogP contribution in [0.5, 0.6) is 0 Å². The standard InChI is InChI=1S/C16H22F3NO2/c1-5-6-7-10(2)20-14-9-12(16(17,18)19)8-13(11(14)3)15(21)22-4/h8-10,20H,5-7H2,1-4H3. The lowest BCUT2D eigenvalue weighted by Crippen LogP contribution is -2.18. The first-order chi connectivity index (χ1) is 10.2. The molecule has 0 fully saturated rings. The summed E-state index contributed by atoms with van der Waals surface area (Å²) in [5.74, 6) is -0.770. The van der Waals surface area contributed by atoms with Crippen molar-refractivity contribution in [1.82, 2.24) is 0 Å². The summed E-state index contributed by atoms with van der Waals surface area (Å²) in [7, 11) is 1.15. The number of ether oxygens (including phenoxy) is 1. The molecule has 0 aliphatic rings. The molecule has 1 unspecified atom stereocenters. The summed E-state index contributed by atoms with van der Waals surface area (Å²) >= 11 is 0. The fourth-order valence-corrected chi connectivity index (χ4v) is 2.20. The highest BCUT2D eigenvalue weighted by Gasteiger charge is 2.33. The molecule has 0 radical (unpaired) electrons. The van der Waals surface area contributed by atoms with Crippen LogP contribution in [0, 0.1) is 6.92 Å². The van der Waals surface area contributed by atoms with Crippen LogP contribution in [0.3, 0.4) is 0 Å². The summed E-state index contributed by atoms with van der Waals surface area (Å²) in [6.07, 6.45) is -1.67. The molecule has 0 heterocycles. The lowest BCUT2D eigenvalue weighted by atomic mass is 10.0. The number of esters is 1. The maximum atomic E-state index is 13.0. The Morgan fingerprint density at radius 3 is 2.50 bits per heavy atom. The molecular formula is C16H22F3NO2. The topological polar surface area (TPSA) is 38.3 Å². The Kier molecular flexibility index (Phi) is 6.26. The Morgan fingerprint density at radius 2 is 2.00 bits per heavy atom. The van der Waals surface area contributed by atoms with Gasteiger partial charge >= 0.3 is 12.1 Å². The predicted molar refractivity (Wildman–Crippen MR) is 80.1 cm³/mol. The van der Waals surface area contributed by atoms with E-state index in [2.05, 4.69) is 17.0 Å². The molecule has 1 atom stereocenters. The molecule has 0 aliphatic heterocycles. The minimum Gasteiger partial charge on any atom is -0.465 e. The SMILES string of the molecule is CCCCC(C)Nc1cc(C(F)(F)F)cc(C(=O)OC)c1C. The van der Waals surface area contributed by atoms with E-state index >= 15 is 0 Å². The van der Waals surface area contributed by atoms with Crippen LogP contribution in [-0.2, 0) is 10.9 Å². The predicted octanol–water partition coefficient (Wildman–Crippen LogP) is 4.79. The van der Waals surface area contributed by atoms with Gasteiger partial charge in [0, 0.05) is 11.7 Å². The lowest BCUT2D eigenvalue weighted by Gasteiger charge is -2.20. The number of halogens is 3. The number of rotatable bonds is 6. The molecule has 0 bridgehead atoms. The van der Waals surface area contributed by atoms with Crippen LogP contribution in [0.2, 0.25) is 0 Å². The fraction of sp³-hybridized carbons (Fsp3) is 0.562. The summed E-state index contributed by atoms with van der Waals surface area (Å²) in [6.45, 7) is 5.58. The molecule has 0 amide bonds. The summed E-state index contributed by atoms with van der Waals surface area (Å²) in [5, 5.41) is 3.07. The third kappa shape index (κ3) is 4.64. The van der Waals surface area contributed by atoms with Gasteiger partial charge in [-0.25, -0.2) is 4.79 Å². The van der Waals surface area contributed by atoms with Crippen molar-refractivity contribution in [1.29, 1.82) is 0 Å². The van der Waals surface area contributed by atoms with Gasteiger partial charge in [0.2, 0.25) is 0 Å². The highest BCUT2D eigenvalue weighted by Crippen LogP contribution is 2.34. The van der Waals surface area contributed by atoms with E-state index in [0.29, 0.717) is 11.3 Å². The normalized spacial score (nSPS) is 12.9. The molecule has 3 nitrogen and oxygen atoms in total. The van der Waals surface area contributed by atoms with Gasteiger partial charge in [-0.1, -0.05) is 19.8 Å². The Morgan fingerprint density at radius 1 is 1.36 bits per heavy atom. The van der Waals surface area contributed by atoms with E-state index in [1.165, 1.54) is 0 Å². The van der Waals surface area contributed by atoms with Gasteiger partial charge in [0.15, 0.2) is 0 Å². The highest BCUT2D eigenvalue weighted by atomic mass is 19.4. The van der Waals surface area contributed by atoms with Crippen LogP contribution in [0.1, 0.15) is 54.6 Å². The zero-order chi connectivity index (χ0) is 16.9. The maximum absolute atomic E-state index is 13.0. The van der Waals surface area contributed by atoms with E-state index in [1.807, 2.05) is 6.92 Å². The van der Waals surface area contributed by atoms with E-state index in [-0.39, 0.29) is 11.6 Å². The first kappa shape index (κ1) is 18.3. The zero-order valence-corrected chi connectivity index (χ0v) is 13.3. The van der Waals surface area contributed by atoms with Gasteiger partial charge < -0.3 is 10.1 Å². The number of carbonyl (C=O) groups is 1. The molecule has 0 aliphatic carbocycles. The van der Waals surface area contributed by atoms with Crippen molar-refractivity contribution in [2.45, 2.75) is 52.3 Å². The molecule has 6 heteroatoms. The molecule has 0 aromatic heterocycles. The average molecular weight is 317 g/mol. The number of hydrogen-bond donors (Lipinski definition) is 1. The van der Waals surface area contributed by atoms with Crippen LogP contribution in [-0.4, -0.2) is 19.1 Å². The molecule has 0 saturated heterocycles. The third-order valence-corrected chi connectivity index (χ3v) is 3.53. The number of carbonyl (C=O) groups excluding carboxylic acids is 1. The molecule has 124 valence electrons. The van der Waals surface area contributed by atoms with Gasteiger partial charge in [-0.3, -0.25) is 0 Å². The summed E-state index contributed by atoms with van der Waals surface area (Å²) in [6, 6.07) is 1.90. The van der Waals surface area contributed by atoms with Gasteiger partial charge in [-0.05, 0) is 38.0 Å². The van der Waals surface area contributed by atoms with Crippen LogP contribution in [0.4, 0.5) is 18.9 Å². The Balaban J connectivity index is 3.22. The minimum absolute atomic E-state index is 0.0210. The number of benzene rings is 1. The van der Waals surface area contributed by atoms with Crippen LogP contribution in [0.15, 0.2) is 12.1 Å². The Bertz CT molecular complexity index is 527. The van der Waals surface area contributed by atoms with E-state index in [0.717, 1.165) is 38.5 Å². The molecule has 1 aromatic carbocycles. The summed E-state index contributed by atoms with van der Waals surface area (Å²) < 4.78 is 43.6. The van der Waals surface area contributed by atoms with E-state index < -0.39 is 17.7 Å². The van der Waals surface area contributed by atoms with Gasteiger partial charge in [-0.15, -0.1) is 0 Å². The Hall–Kier alpha value is -1.72. The van der Waals surface area contributed by atoms with Gasteiger partial charge in [0.1, 0.15) is 0 Å². The van der Waals surface area contributed by atoms with Crippen molar-refractivity contribution in [3.05, 3.63) is 28.8 Å². The van der Waals surface area contributed by atoms with E-state index in [1.54, 1.807) is 6.92 Å². The van der Waals surface area contributed by atoms with Crippen LogP contribution >= 0.6 is 0 Å². The van der Waals surface area contributed by atoms with Gasteiger partial charge in [0.25, 0.3) is 0 Å². The summed E-state index contributed by atoms with van der Waals surface area (Å²) in [4.78, 5) is 11.7. The van der Waals surface area contributed by atoms with Crippen molar-refractivity contribution in [3.8, 4) is 0 Å². The smallest absolute Gasteiger partial charge is 0.416 e. The number of alkyl halides is 3. The number of unbranched alkanes of at least 4 members (excludes halogenated alkanes) is 1. The van der Waals surface area contributed by atoms with Crippen molar-refractivity contribution in [2.75, 3.05) is 12.4 Å². The molecule has 1 aromatic rings. The monoisotopic (exact) mass is 317 g/mol. The van der Waals surface area contributed by atoms with E-state index in [4.69, 9.17) is 0 Å². The average Bonchev–Trinajstić information content (AvgIpc) is 2.45. The molecule has 0 spiro atoms. The van der Waals surface area contributed by atoms with Crippen LogP contribution < -0.4 is 5.32 Å². The quantitative estimate of drug-likeness (QED) is 0.767. The van der Waals surface area contributed by atoms with Crippen molar-refractivity contribution in [3.63, 3.8) is 0 Å². The van der Waals surface area contributed by atoms with Gasteiger partial charge in [-0.2, -0.15) is 13.2 Å². The molecule has 0 saturated carbocycles. The van der Waals surface area contributed by atoms with Gasteiger partial charge in [0.05, 0.1) is 18.2 Å². The van der Waals surface area contributed by atoms with Crippen LogP contribution in [0.25, 0.3) is 0 Å². The third-order valence-electron chi connectivity index (χ3n) is 3.53. The number of anilines is 1. The van der Waals surface area contributed by atoms with Crippen molar-refractivity contribution < 1.29 is 22.7 Å². The second kappa shape index (κ2) is 7.51. The molecule has 1 rings (SSSR count). The summed E-state index contributed by atoms with van der Waals surface area (Å²) in [5.41, 5.74) is -0.145. The Labute approximate surface area is 128 Å². The molecule has 1 N–H and O–H groups in total. The minimum atomic E-state index is -4.51. The van der Waals surface area contributed by atoms with Crippen molar-refractivity contribution in [2.24, 2.45) is 0 Å². The number of hydrogen-bond acceptors (Lipinski definition) is 3. The van der Waals surface area contributed by atoms with E-state index in [9.17, 15) is 18.0 Å². The second-order valence-corrected chi connectivity index (χ2v) is 5.37. The first-order valence-corrected chi connectivity index (χ1v) is 7.27. The van der Waals surface area contributed by atoms with Crippen molar-refractivity contribution >= 4 is 11.7 Å². The molecule has 22 heavy (non-hydrogen) atoms. The maximum Gasteiger partial charge on any atom is 0.416 e. The second-order valence-electron chi connectivity index (χ2n) is 5.37. The zero-order valence-electron chi connectivity index (χ0n) is 13.3. The highest BCUT2D eigenvalue weighted by molar-refractivity contribution is 5.93.